The van der Waals surface area contributed by atoms with Crippen LogP contribution in [0.2, 0.25) is 5.02 Å². The normalized spacial score (nSPS) is 10.6. The van der Waals surface area contributed by atoms with E-state index in [1.807, 2.05) is 24.3 Å². The van der Waals surface area contributed by atoms with Gasteiger partial charge in [-0.05, 0) is 12.1 Å². The maximum atomic E-state index is 6.04. The molecule has 0 spiro atoms. The van der Waals surface area contributed by atoms with Crippen molar-refractivity contribution in [3.63, 3.8) is 0 Å². The summed E-state index contributed by atoms with van der Waals surface area (Å²) in [6, 6.07) is 7.43. The zero-order valence-electron chi connectivity index (χ0n) is 11.3. The van der Waals surface area contributed by atoms with Crippen LogP contribution in [0.5, 0.6) is 5.88 Å². The minimum absolute atomic E-state index is 0.464. The predicted molar refractivity (Wildman–Crippen MR) is 78.3 cm³/mol. The molecule has 0 radical (unpaired) electrons. The third kappa shape index (κ3) is 3.03. The standard InChI is InChI=1S/C15H12ClN3O2/c1-20-15-14(11-3-2-4-12(16)6-11)19-13(8-17-15)5-10-7-18-21-9-10/h2-4,6-9H,5H2,1H3. The Kier molecular flexibility index (Phi) is 3.83. The lowest BCUT2D eigenvalue weighted by atomic mass is 10.1. The molecule has 2 heterocycles. The number of benzene rings is 1. The summed E-state index contributed by atoms with van der Waals surface area (Å²) in [5.41, 5.74) is 3.26. The topological polar surface area (TPSA) is 61.0 Å². The Morgan fingerprint density at radius 1 is 1.29 bits per heavy atom. The molecule has 1 aromatic carbocycles. The van der Waals surface area contributed by atoms with Crippen LogP contribution in [-0.2, 0) is 6.42 Å². The minimum atomic E-state index is 0.464. The van der Waals surface area contributed by atoms with Gasteiger partial charge < -0.3 is 9.26 Å². The van der Waals surface area contributed by atoms with Gasteiger partial charge in [-0.2, -0.15) is 0 Å². The van der Waals surface area contributed by atoms with Gasteiger partial charge in [-0.15, -0.1) is 0 Å². The number of halogens is 1. The van der Waals surface area contributed by atoms with Gasteiger partial charge in [0.15, 0.2) is 0 Å². The molecule has 0 fully saturated rings. The van der Waals surface area contributed by atoms with Crippen molar-refractivity contribution in [1.29, 1.82) is 0 Å². The van der Waals surface area contributed by atoms with E-state index in [2.05, 4.69) is 15.1 Å². The van der Waals surface area contributed by atoms with Gasteiger partial charge in [0.05, 0.1) is 25.2 Å². The minimum Gasteiger partial charge on any atom is -0.479 e. The Labute approximate surface area is 126 Å². The number of ether oxygens (including phenoxy) is 1. The van der Waals surface area contributed by atoms with Crippen molar-refractivity contribution >= 4 is 11.6 Å². The first-order valence-corrected chi connectivity index (χ1v) is 6.68. The van der Waals surface area contributed by atoms with Crippen molar-refractivity contribution in [2.45, 2.75) is 6.42 Å². The lowest BCUT2D eigenvalue weighted by molar-refractivity contribution is 0.397. The van der Waals surface area contributed by atoms with Crippen LogP contribution in [0.1, 0.15) is 11.3 Å². The Hall–Kier alpha value is -2.40. The van der Waals surface area contributed by atoms with E-state index < -0.39 is 0 Å². The maximum Gasteiger partial charge on any atom is 0.240 e. The number of hydrogen-bond acceptors (Lipinski definition) is 5. The first kappa shape index (κ1) is 13.6. The van der Waals surface area contributed by atoms with Crippen molar-refractivity contribution in [3.05, 3.63) is 59.2 Å². The average Bonchev–Trinajstić information content (AvgIpc) is 3.00. The molecule has 0 atom stereocenters. The predicted octanol–water partition coefficient (Wildman–Crippen LogP) is 3.38. The molecular weight excluding hydrogens is 290 g/mol. The summed E-state index contributed by atoms with van der Waals surface area (Å²) in [5, 5.41) is 4.32. The molecule has 0 saturated carbocycles. The van der Waals surface area contributed by atoms with Crippen LogP contribution in [0, 0.1) is 0 Å². The molecule has 0 N–H and O–H groups in total. The van der Waals surface area contributed by atoms with Gasteiger partial charge in [0.1, 0.15) is 12.0 Å². The van der Waals surface area contributed by atoms with Crippen LogP contribution >= 0.6 is 11.6 Å². The Bertz CT molecular complexity index is 744. The highest BCUT2D eigenvalue weighted by Gasteiger charge is 2.12. The molecule has 5 nitrogen and oxygen atoms in total. The van der Waals surface area contributed by atoms with E-state index in [1.165, 1.54) is 0 Å². The molecule has 0 bridgehead atoms. The van der Waals surface area contributed by atoms with Gasteiger partial charge in [0, 0.05) is 22.6 Å². The molecule has 0 aliphatic heterocycles. The van der Waals surface area contributed by atoms with Crippen molar-refractivity contribution in [3.8, 4) is 17.1 Å². The molecule has 0 amide bonds. The highest BCUT2D eigenvalue weighted by Crippen LogP contribution is 2.28. The SMILES string of the molecule is COc1ncc(Cc2cnoc2)nc1-c1cccc(Cl)c1. The zero-order valence-corrected chi connectivity index (χ0v) is 12.0. The van der Waals surface area contributed by atoms with E-state index in [9.17, 15) is 0 Å². The summed E-state index contributed by atoms with van der Waals surface area (Å²) in [6.07, 6.45) is 5.52. The van der Waals surface area contributed by atoms with E-state index in [0.717, 1.165) is 16.8 Å². The highest BCUT2D eigenvalue weighted by molar-refractivity contribution is 6.30. The fourth-order valence-electron chi connectivity index (χ4n) is 2.00. The molecule has 0 aliphatic rings. The van der Waals surface area contributed by atoms with E-state index >= 15 is 0 Å². The molecule has 21 heavy (non-hydrogen) atoms. The quantitative estimate of drug-likeness (QED) is 0.739. The van der Waals surface area contributed by atoms with E-state index in [0.29, 0.717) is 23.0 Å². The summed E-state index contributed by atoms with van der Waals surface area (Å²) in [5.74, 6) is 0.464. The summed E-state index contributed by atoms with van der Waals surface area (Å²) < 4.78 is 10.1. The molecule has 106 valence electrons. The van der Waals surface area contributed by atoms with Crippen molar-refractivity contribution in [1.82, 2.24) is 15.1 Å². The highest BCUT2D eigenvalue weighted by atomic mass is 35.5. The third-order valence-corrected chi connectivity index (χ3v) is 3.18. The number of hydrogen-bond donors (Lipinski definition) is 0. The molecular formula is C15H12ClN3O2. The van der Waals surface area contributed by atoms with Crippen molar-refractivity contribution < 1.29 is 9.26 Å². The van der Waals surface area contributed by atoms with Gasteiger partial charge in [0.2, 0.25) is 5.88 Å². The molecule has 2 aromatic heterocycles. The number of aromatic nitrogens is 3. The largest absolute Gasteiger partial charge is 0.479 e. The number of nitrogens with zero attached hydrogens (tertiary/aromatic N) is 3. The van der Waals surface area contributed by atoms with Crippen LogP contribution in [-0.4, -0.2) is 22.2 Å². The third-order valence-electron chi connectivity index (χ3n) is 2.95. The molecule has 0 saturated heterocycles. The lowest BCUT2D eigenvalue weighted by Crippen LogP contribution is -1.99. The molecule has 6 heteroatoms. The lowest BCUT2D eigenvalue weighted by Gasteiger charge is -2.08. The van der Waals surface area contributed by atoms with Gasteiger partial charge in [0.25, 0.3) is 0 Å². The average molecular weight is 302 g/mol. The van der Waals surface area contributed by atoms with Crippen LogP contribution in [0.3, 0.4) is 0 Å². The first-order chi connectivity index (χ1) is 10.3. The van der Waals surface area contributed by atoms with Crippen molar-refractivity contribution in [2.24, 2.45) is 0 Å². The van der Waals surface area contributed by atoms with E-state index in [1.54, 1.807) is 25.8 Å². The fourth-order valence-corrected chi connectivity index (χ4v) is 2.19. The van der Waals surface area contributed by atoms with E-state index in [4.69, 9.17) is 20.9 Å². The summed E-state index contributed by atoms with van der Waals surface area (Å²) >= 11 is 6.04. The Morgan fingerprint density at radius 2 is 2.19 bits per heavy atom. The molecule has 3 aromatic rings. The van der Waals surface area contributed by atoms with Gasteiger partial charge in [-0.25, -0.2) is 9.97 Å². The second kappa shape index (κ2) is 5.93. The summed E-state index contributed by atoms with van der Waals surface area (Å²) in [7, 11) is 1.57. The smallest absolute Gasteiger partial charge is 0.240 e. The monoisotopic (exact) mass is 301 g/mol. The Morgan fingerprint density at radius 3 is 2.90 bits per heavy atom. The zero-order chi connectivity index (χ0) is 14.7. The maximum absolute atomic E-state index is 6.04. The van der Waals surface area contributed by atoms with Gasteiger partial charge >= 0.3 is 0 Å². The van der Waals surface area contributed by atoms with Crippen molar-refractivity contribution in [2.75, 3.05) is 7.11 Å². The second-order valence-corrected chi connectivity index (χ2v) is 4.88. The summed E-state index contributed by atoms with van der Waals surface area (Å²) in [6.45, 7) is 0. The molecule has 3 rings (SSSR count). The van der Waals surface area contributed by atoms with Crippen LogP contribution < -0.4 is 4.74 Å². The number of rotatable bonds is 4. The second-order valence-electron chi connectivity index (χ2n) is 4.44. The molecule has 0 aliphatic carbocycles. The van der Waals surface area contributed by atoms with Crippen LogP contribution in [0.15, 0.2) is 47.4 Å². The summed E-state index contributed by atoms with van der Waals surface area (Å²) in [4.78, 5) is 8.92. The van der Waals surface area contributed by atoms with E-state index in [-0.39, 0.29) is 0 Å². The van der Waals surface area contributed by atoms with Gasteiger partial charge in [-0.3, -0.25) is 0 Å². The van der Waals surface area contributed by atoms with Gasteiger partial charge in [-0.1, -0.05) is 28.9 Å². The Balaban J connectivity index is 2.01. The van der Waals surface area contributed by atoms with Crippen LogP contribution in [0.4, 0.5) is 0 Å². The molecule has 0 unspecified atom stereocenters. The number of methoxy groups -OCH3 is 1. The van der Waals surface area contributed by atoms with Crippen LogP contribution in [0.25, 0.3) is 11.3 Å². The first-order valence-electron chi connectivity index (χ1n) is 6.30. The fraction of sp³-hybridized carbons (Fsp3) is 0.133.